The molecule has 0 bridgehead atoms. The Bertz CT molecular complexity index is 1410. The van der Waals surface area contributed by atoms with Crippen LogP contribution in [0.2, 0.25) is 5.02 Å². The molecule has 0 atom stereocenters. The third kappa shape index (κ3) is 4.72. The van der Waals surface area contributed by atoms with Crippen LogP contribution in [0.5, 0.6) is 5.75 Å². The number of halogens is 2. The first-order chi connectivity index (χ1) is 16.2. The van der Waals surface area contributed by atoms with E-state index in [-0.39, 0.29) is 12.4 Å². The van der Waals surface area contributed by atoms with Gasteiger partial charge < -0.3 is 15.0 Å². The van der Waals surface area contributed by atoms with Crippen molar-refractivity contribution in [2.45, 2.75) is 19.6 Å². The Kier molecular flexibility index (Phi) is 6.29. The summed E-state index contributed by atoms with van der Waals surface area (Å²) < 4.78 is 19.5. The maximum atomic E-state index is 13.4. The molecule has 0 fully saturated rings. The topological polar surface area (TPSA) is 37.0 Å². The Labute approximate surface area is 197 Å². The molecule has 0 radical (unpaired) electrons. The van der Waals surface area contributed by atoms with Gasteiger partial charge in [0, 0.05) is 34.8 Å². The molecule has 0 saturated heterocycles. The van der Waals surface area contributed by atoms with Crippen LogP contribution >= 0.6 is 11.6 Å². The van der Waals surface area contributed by atoms with E-state index < -0.39 is 0 Å². The van der Waals surface area contributed by atoms with Gasteiger partial charge in [0.25, 0.3) is 0 Å². The zero-order chi connectivity index (χ0) is 22.6. The fourth-order valence-corrected chi connectivity index (χ4v) is 4.42. The van der Waals surface area contributed by atoms with Crippen molar-refractivity contribution in [1.82, 2.24) is 10.3 Å². The van der Waals surface area contributed by atoms with Crippen LogP contribution in [0.15, 0.2) is 85.1 Å². The summed E-state index contributed by atoms with van der Waals surface area (Å²) in [6.07, 6.45) is 3.02. The Morgan fingerprint density at radius 3 is 2.58 bits per heavy atom. The highest BCUT2D eigenvalue weighted by molar-refractivity contribution is 6.31. The van der Waals surface area contributed by atoms with Gasteiger partial charge in [-0.3, -0.25) is 0 Å². The number of aromatic nitrogens is 1. The molecule has 1 heterocycles. The summed E-state index contributed by atoms with van der Waals surface area (Å²) in [6, 6.07) is 25.1. The molecule has 0 aliphatic carbocycles. The molecule has 0 aliphatic heterocycles. The van der Waals surface area contributed by atoms with Crippen molar-refractivity contribution in [3.63, 3.8) is 0 Å². The van der Waals surface area contributed by atoms with E-state index >= 15 is 0 Å². The van der Waals surface area contributed by atoms with Crippen LogP contribution in [-0.4, -0.2) is 11.5 Å². The largest absolute Gasteiger partial charge is 0.488 e. The first-order valence-electron chi connectivity index (χ1n) is 11.0. The standard InChI is InChI=1S/C28H24ClFN2O/c29-26-15-22(30)11-9-21(26)18-33-28-12-10-19-5-1-2-6-23(19)25(28)17-31-14-13-20-16-32-27-8-4-3-7-24(20)27/h1-12,15-16,31-32H,13-14,17-18H2. The van der Waals surface area contributed by atoms with Crippen LogP contribution < -0.4 is 10.1 Å². The average molecular weight is 459 g/mol. The number of para-hydroxylation sites is 1. The van der Waals surface area contributed by atoms with Crippen molar-refractivity contribution in [1.29, 1.82) is 0 Å². The highest BCUT2D eigenvalue weighted by atomic mass is 35.5. The van der Waals surface area contributed by atoms with Gasteiger partial charge in [-0.05, 0) is 53.6 Å². The first kappa shape index (κ1) is 21.5. The summed E-state index contributed by atoms with van der Waals surface area (Å²) in [5.74, 6) is 0.447. The van der Waals surface area contributed by atoms with Crippen molar-refractivity contribution in [2.75, 3.05) is 6.54 Å². The number of rotatable bonds is 8. The zero-order valence-electron chi connectivity index (χ0n) is 18.1. The van der Waals surface area contributed by atoms with Gasteiger partial charge in [-0.1, -0.05) is 66.2 Å². The molecule has 166 valence electrons. The van der Waals surface area contributed by atoms with Gasteiger partial charge in [-0.25, -0.2) is 4.39 Å². The van der Waals surface area contributed by atoms with E-state index in [2.05, 4.69) is 52.9 Å². The molecule has 0 unspecified atom stereocenters. The monoisotopic (exact) mass is 458 g/mol. The molecule has 33 heavy (non-hydrogen) atoms. The van der Waals surface area contributed by atoms with Crippen molar-refractivity contribution >= 4 is 33.3 Å². The minimum absolute atomic E-state index is 0.278. The minimum atomic E-state index is -0.352. The second-order valence-electron chi connectivity index (χ2n) is 8.07. The highest BCUT2D eigenvalue weighted by Crippen LogP contribution is 2.29. The first-order valence-corrected chi connectivity index (χ1v) is 11.4. The summed E-state index contributed by atoms with van der Waals surface area (Å²) in [5.41, 5.74) is 4.32. The molecule has 1 aromatic heterocycles. The molecule has 0 amide bonds. The second-order valence-corrected chi connectivity index (χ2v) is 8.48. The lowest BCUT2D eigenvalue weighted by Gasteiger charge is -2.16. The van der Waals surface area contributed by atoms with E-state index in [1.54, 1.807) is 6.07 Å². The number of ether oxygens (including phenoxy) is 1. The molecule has 0 saturated carbocycles. The molecule has 4 aromatic carbocycles. The number of H-pyrrole nitrogens is 1. The zero-order valence-corrected chi connectivity index (χ0v) is 18.8. The molecule has 5 heteroatoms. The quantitative estimate of drug-likeness (QED) is 0.245. The van der Waals surface area contributed by atoms with Gasteiger partial charge in [0.15, 0.2) is 0 Å². The van der Waals surface area contributed by atoms with Crippen LogP contribution in [0.4, 0.5) is 4.39 Å². The lowest BCUT2D eigenvalue weighted by molar-refractivity contribution is 0.302. The van der Waals surface area contributed by atoms with E-state index in [0.29, 0.717) is 11.6 Å². The average Bonchev–Trinajstić information content (AvgIpc) is 3.25. The highest BCUT2D eigenvalue weighted by Gasteiger charge is 2.11. The van der Waals surface area contributed by atoms with E-state index in [9.17, 15) is 4.39 Å². The normalized spacial score (nSPS) is 11.3. The van der Waals surface area contributed by atoms with E-state index in [4.69, 9.17) is 16.3 Å². The van der Waals surface area contributed by atoms with Crippen LogP contribution in [0, 0.1) is 5.82 Å². The van der Waals surface area contributed by atoms with Crippen LogP contribution in [0.1, 0.15) is 16.7 Å². The molecular formula is C28H24ClFN2O. The minimum Gasteiger partial charge on any atom is -0.488 e. The third-order valence-electron chi connectivity index (χ3n) is 5.94. The Hall–Kier alpha value is -3.34. The van der Waals surface area contributed by atoms with Gasteiger partial charge >= 0.3 is 0 Å². The van der Waals surface area contributed by atoms with E-state index in [0.717, 1.165) is 46.1 Å². The third-order valence-corrected chi connectivity index (χ3v) is 6.30. The number of fused-ring (bicyclic) bond motifs is 2. The maximum Gasteiger partial charge on any atom is 0.124 e. The van der Waals surface area contributed by atoms with Gasteiger partial charge in [0.05, 0.1) is 5.02 Å². The summed E-state index contributed by atoms with van der Waals surface area (Å²) in [5, 5.41) is 7.54. The SMILES string of the molecule is Fc1ccc(COc2ccc3ccccc3c2CNCCc2c[nH]c3ccccc23)c(Cl)c1. The molecule has 5 rings (SSSR count). The molecule has 0 spiro atoms. The number of hydrogen-bond acceptors (Lipinski definition) is 2. The van der Waals surface area contributed by atoms with Crippen molar-refractivity contribution in [2.24, 2.45) is 0 Å². The van der Waals surface area contributed by atoms with Gasteiger partial charge in [0.1, 0.15) is 18.2 Å². The fourth-order valence-electron chi connectivity index (χ4n) is 4.20. The molecule has 0 aliphatic rings. The van der Waals surface area contributed by atoms with Gasteiger partial charge in [-0.15, -0.1) is 0 Å². The van der Waals surface area contributed by atoms with E-state index in [1.807, 2.05) is 24.3 Å². The molecular weight excluding hydrogens is 435 g/mol. The summed E-state index contributed by atoms with van der Waals surface area (Å²) in [7, 11) is 0. The Balaban J connectivity index is 1.32. The van der Waals surface area contributed by atoms with Crippen LogP contribution in [0.25, 0.3) is 21.7 Å². The van der Waals surface area contributed by atoms with Crippen LogP contribution in [-0.2, 0) is 19.6 Å². The number of hydrogen-bond donors (Lipinski definition) is 2. The number of aromatic amines is 1. The lowest BCUT2D eigenvalue weighted by Crippen LogP contribution is -2.17. The van der Waals surface area contributed by atoms with Crippen molar-refractivity contribution < 1.29 is 9.13 Å². The van der Waals surface area contributed by atoms with Gasteiger partial charge in [-0.2, -0.15) is 0 Å². The maximum absolute atomic E-state index is 13.4. The predicted molar refractivity (Wildman–Crippen MR) is 133 cm³/mol. The Morgan fingerprint density at radius 2 is 1.70 bits per heavy atom. The predicted octanol–water partition coefficient (Wildman–Crippen LogP) is 7.02. The lowest BCUT2D eigenvalue weighted by atomic mass is 10.0. The molecule has 2 N–H and O–H groups in total. The summed E-state index contributed by atoms with van der Waals surface area (Å²) >= 11 is 6.19. The van der Waals surface area contributed by atoms with Crippen molar-refractivity contribution in [3.8, 4) is 5.75 Å². The molecule has 5 aromatic rings. The smallest absolute Gasteiger partial charge is 0.124 e. The summed E-state index contributed by atoms with van der Waals surface area (Å²) in [4.78, 5) is 3.34. The number of benzene rings is 4. The Morgan fingerprint density at radius 1 is 0.879 bits per heavy atom. The second kappa shape index (κ2) is 9.65. The van der Waals surface area contributed by atoms with Crippen LogP contribution in [0.3, 0.4) is 0 Å². The number of nitrogens with one attached hydrogen (secondary N) is 2. The van der Waals surface area contributed by atoms with Gasteiger partial charge in [0.2, 0.25) is 0 Å². The van der Waals surface area contributed by atoms with Crippen molar-refractivity contribution in [3.05, 3.63) is 113 Å². The van der Waals surface area contributed by atoms with E-state index in [1.165, 1.54) is 23.1 Å². The fraction of sp³-hybridized carbons (Fsp3) is 0.143. The summed E-state index contributed by atoms with van der Waals surface area (Å²) in [6.45, 7) is 1.80. The molecule has 3 nitrogen and oxygen atoms in total.